The van der Waals surface area contributed by atoms with Crippen molar-refractivity contribution in [2.75, 3.05) is 11.5 Å². The van der Waals surface area contributed by atoms with Gasteiger partial charge in [0, 0.05) is 34.2 Å². The Morgan fingerprint density at radius 1 is 1.08 bits per heavy atom. The van der Waals surface area contributed by atoms with Crippen LogP contribution >= 0.6 is 11.6 Å². The van der Waals surface area contributed by atoms with E-state index in [2.05, 4.69) is 4.98 Å². The standard InChI is InChI=1S/C29H29ClN2O4/c1-6-36-23-10-8-19(15-21(23)29(3,4)5)26(33)24-25(18-11-13-31-14-12-18)32(28(35)27(24)34)22-16-20(30)9-7-17(22)2/h7-16,25,33H,6H2,1-5H3/b26-24-. The summed E-state index contributed by atoms with van der Waals surface area (Å²) in [5.74, 6) is -1.03. The van der Waals surface area contributed by atoms with Crippen LogP contribution in [0.3, 0.4) is 0 Å². The maximum Gasteiger partial charge on any atom is 0.300 e. The number of aliphatic hydroxyl groups is 1. The first-order valence-electron chi connectivity index (χ1n) is 11.8. The van der Waals surface area contributed by atoms with Crippen LogP contribution < -0.4 is 9.64 Å². The maximum atomic E-state index is 13.5. The number of aromatic nitrogens is 1. The van der Waals surface area contributed by atoms with Crippen LogP contribution in [0.15, 0.2) is 66.5 Å². The van der Waals surface area contributed by atoms with Crippen molar-refractivity contribution in [1.29, 1.82) is 0 Å². The number of carbonyl (C=O) groups excluding carboxylic acids is 2. The Hall–Kier alpha value is -3.64. The zero-order chi connectivity index (χ0) is 26.2. The van der Waals surface area contributed by atoms with Crippen LogP contribution in [0.25, 0.3) is 5.76 Å². The SMILES string of the molecule is CCOc1ccc(/C(O)=C2/C(=O)C(=O)N(c3cc(Cl)ccc3C)C2c2ccncc2)cc1C(C)(C)C. The van der Waals surface area contributed by atoms with Crippen LogP contribution in [0.2, 0.25) is 5.02 Å². The lowest BCUT2D eigenvalue weighted by Crippen LogP contribution is -2.30. The fourth-order valence-corrected chi connectivity index (χ4v) is 4.65. The molecule has 0 saturated carbocycles. The average Bonchev–Trinajstić information content (AvgIpc) is 3.11. The van der Waals surface area contributed by atoms with E-state index in [0.717, 1.165) is 11.1 Å². The molecule has 1 N–H and O–H groups in total. The Morgan fingerprint density at radius 2 is 1.78 bits per heavy atom. The van der Waals surface area contributed by atoms with E-state index >= 15 is 0 Å². The summed E-state index contributed by atoms with van der Waals surface area (Å²) in [7, 11) is 0. The number of aryl methyl sites for hydroxylation is 1. The minimum Gasteiger partial charge on any atom is -0.507 e. The molecular formula is C29H29ClN2O4. The quantitative estimate of drug-likeness (QED) is 0.248. The fraction of sp³-hybridized carbons (Fsp3) is 0.276. The Labute approximate surface area is 216 Å². The molecule has 2 heterocycles. The summed E-state index contributed by atoms with van der Waals surface area (Å²) < 4.78 is 5.81. The molecule has 0 radical (unpaired) electrons. The van der Waals surface area contributed by atoms with Crippen LogP contribution in [0.5, 0.6) is 5.75 Å². The number of Topliss-reactive ketones (excluding diaryl/α,β-unsaturated/α-hetero) is 1. The van der Waals surface area contributed by atoms with Crippen LogP contribution in [0.1, 0.15) is 56.0 Å². The number of amides is 1. The molecular weight excluding hydrogens is 476 g/mol. The van der Waals surface area contributed by atoms with Gasteiger partial charge in [-0.05, 0) is 72.9 Å². The monoisotopic (exact) mass is 504 g/mol. The lowest BCUT2D eigenvalue weighted by atomic mass is 9.84. The molecule has 1 amide bonds. The van der Waals surface area contributed by atoms with Gasteiger partial charge in [0.05, 0.1) is 18.2 Å². The summed E-state index contributed by atoms with van der Waals surface area (Å²) >= 11 is 6.26. The first-order valence-corrected chi connectivity index (χ1v) is 12.2. The highest BCUT2D eigenvalue weighted by Crippen LogP contribution is 2.44. The second kappa shape index (κ2) is 9.78. The number of ether oxygens (including phenoxy) is 1. The van der Waals surface area contributed by atoms with Crippen molar-refractivity contribution in [3.05, 3.63) is 93.8 Å². The Bertz CT molecular complexity index is 1360. The summed E-state index contributed by atoms with van der Waals surface area (Å²) in [4.78, 5) is 32.4. The molecule has 7 heteroatoms. The Kier molecular flexibility index (Phi) is 6.92. The van der Waals surface area contributed by atoms with Crippen LogP contribution in [-0.4, -0.2) is 28.4 Å². The zero-order valence-electron chi connectivity index (χ0n) is 21.0. The van der Waals surface area contributed by atoms with Crippen molar-refractivity contribution in [3.8, 4) is 5.75 Å². The predicted molar refractivity (Wildman–Crippen MR) is 142 cm³/mol. The van der Waals surface area contributed by atoms with E-state index in [1.54, 1.807) is 54.9 Å². The average molecular weight is 505 g/mol. The van der Waals surface area contributed by atoms with Gasteiger partial charge in [0.15, 0.2) is 0 Å². The molecule has 1 aromatic heterocycles. The normalized spacial score (nSPS) is 17.5. The molecule has 2 aromatic carbocycles. The highest BCUT2D eigenvalue weighted by atomic mass is 35.5. The number of benzene rings is 2. The van der Waals surface area contributed by atoms with Gasteiger partial charge in [-0.3, -0.25) is 19.5 Å². The van der Waals surface area contributed by atoms with Gasteiger partial charge in [0.1, 0.15) is 11.5 Å². The number of hydrogen-bond donors (Lipinski definition) is 1. The van der Waals surface area contributed by atoms with Gasteiger partial charge in [-0.2, -0.15) is 0 Å². The third-order valence-electron chi connectivity index (χ3n) is 6.26. The van der Waals surface area contributed by atoms with Crippen molar-refractivity contribution >= 4 is 34.7 Å². The summed E-state index contributed by atoms with van der Waals surface area (Å²) in [6.45, 7) is 10.4. The smallest absolute Gasteiger partial charge is 0.300 e. The van der Waals surface area contributed by atoms with Gasteiger partial charge in [-0.1, -0.05) is 38.4 Å². The summed E-state index contributed by atoms with van der Waals surface area (Å²) in [6.07, 6.45) is 3.18. The van der Waals surface area contributed by atoms with E-state index in [0.29, 0.717) is 34.2 Å². The first kappa shape index (κ1) is 25.5. The van der Waals surface area contributed by atoms with Crippen molar-refractivity contribution < 1.29 is 19.4 Å². The number of hydrogen-bond acceptors (Lipinski definition) is 5. The van der Waals surface area contributed by atoms with Gasteiger partial charge >= 0.3 is 0 Å². The maximum absolute atomic E-state index is 13.5. The molecule has 0 bridgehead atoms. The van der Waals surface area contributed by atoms with Crippen LogP contribution in [-0.2, 0) is 15.0 Å². The molecule has 4 rings (SSSR count). The van der Waals surface area contributed by atoms with Crippen LogP contribution in [0.4, 0.5) is 5.69 Å². The summed E-state index contributed by atoms with van der Waals surface area (Å²) in [6, 6.07) is 13.1. The Balaban J connectivity index is 1.96. The highest BCUT2D eigenvalue weighted by Gasteiger charge is 2.47. The van der Waals surface area contributed by atoms with Gasteiger partial charge in [0.25, 0.3) is 11.7 Å². The summed E-state index contributed by atoms with van der Waals surface area (Å²) in [5, 5.41) is 12.0. The predicted octanol–water partition coefficient (Wildman–Crippen LogP) is 6.37. The number of carbonyl (C=O) groups is 2. The molecule has 0 aliphatic carbocycles. The number of nitrogens with zero attached hydrogens (tertiary/aromatic N) is 2. The van der Waals surface area contributed by atoms with Gasteiger partial charge in [0.2, 0.25) is 0 Å². The molecule has 1 unspecified atom stereocenters. The van der Waals surface area contributed by atoms with E-state index in [4.69, 9.17) is 16.3 Å². The van der Waals surface area contributed by atoms with E-state index < -0.39 is 17.7 Å². The minimum atomic E-state index is -0.852. The van der Waals surface area contributed by atoms with E-state index in [1.807, 2.05) is 40.7 Å². The molecule has 1 aliphatic rings. The van der Waals surface area contributed by atoms with Gasteiger partial charge < -0.3 is 9.84 Å². The zero-order valence-corrected chi connectivity index (χ0v) is 21.8. The molecule has 1 fully saturated rings. The number of pyridine rings is 1. The lowest BCUT2D eigenvalue weighted by molar-refractivity contribution is -0.132. The third-order valence-corrected chi connectivity index (χ3v) is 6.49. The second-order valence-electron chi connectivity index (χ2n) is 9.77. The number of halogens is 1. The molecule has 3 aromatic rings. The number of aliphatic hydroxyl groups excluding tert-OH is 1. The molecule has 186 valence electrons. The van der Waals surface area contributed by atoms with Gasteiger partial charge in [-0.15, -0.1) is 0 Å². The van der Waals surface area contributed by atoms with Gasteiger partial charge in [-0.25, -0.2) is 0 Å². The highest BCUT2D eigenvalue weighted by molar-refractivity contribution is 6.52. The Morgan fingerprint density at radius 3 is 2.42 bits per heavy atom. The van der Waals surface area contributed by atoms with Crippen molar-refractivity contribution in [3.63, 3.8) is 0 Å². The van der Waals surface area contributed by atoms with Crippen molar-refractivity contribution in [1.82, 2.24) is 4.98 Å². The topological polar surface area (TPSA) is 79.7 Å². The molecule has 1 saturated heterocycles. The lowest BCUT2D eigenvalue weighted by Gasteiger charge is -2.27. The van der Waals surface area contributed by atoms with Crippen molar-refractivity contribution in [2.45, 2.75) is 46.1 Å². The second-order valence-corrected chi connectivity index (χ2v) is 10.2. The fourth-order valence-electron chi connectivity index (χ4n) is 4.48. The minimum absolute atomic E-state index is 0.00888. The van der Waals surface area contributed by atoms with Crippen molar-refractivity contribution in [2.24, 2.45) is 0 Å². The number of rotatable bonds is 5. The third kappa shape index (κ3) is 4.61. The summed E-state index contributed by atoms with van der Waals surface area (Å²) in [5.41, 5.74) is 2.97. The molecule has 6 nitrogen and oxygen atoms in total. The first-order chi connectivity index (χ1) is 17.0. The number of ketones is 1. The largest absolute Gasteiger partial charge is 0.507 e. The van der Waals surface area contributed by atoms with E-state index in [1.165, 1.54) is 4.90 Å². The molecule has 1 atom stereocenters. The van der Waals surface area contributed by atoms with E-state index in [-0.39, 0.29) is 16.7 Å². The molecule has 36 heavy (non-hydrogen) atoms. The molecule has 0 spiro atoms. The molecule has 1 aliphatic heterocycles. The number of anilines is 1. The van der Waals surface area contributed by atoms with Crippen LogP contribution in [0, 0.1) is 6.92 Å². The van der Waals surface area contributed by atoms with E-state index in [9.17, 15) is 14.7 Å².